The van der Waals surface area contributed by atoms with Crippen LogP contribution in [0.4, 0.5) is 14.5 Å². The first kappa shape index (κ1) is 13.2. The van der Waals surface area contributed by atoms with Crippen LogP contribution in [0.15, 0.2) is 24.3 Å². The summed E-state index contributed by atoms with van der Waals surface area (Å²) in [5.74, 6) is -3.66. The highest BCUT2D eigenvalue weighted by molar-refractivity contribution is 7.16. The summed E-state index contributed by atoms with van der Waals surface area (Å²) in [6, 6.07) is 5.03. The van der Waals surface area contributed by atoms with E-state index in [0.717, 1.165) is 17.0 Å². The molecule has 0 aliphatic carbocycles. The van der Waals surface area contributed by atoms with Gasteiger partial charge in [0.05, 0.1) is 22.1 Å². The Morgan fingerprint density at radius 3 is 2.45 bits per heavy atom. The number of carbonyl (C=O) groups is 2. The van der Waals surface area contributed by atoms with E-state index in [4.69, 9.17) is 11.6 Å². The van der Waals surface area contributed by atoms with Gasteiger partial charge in [-0.15, -0.1) is 11.3 Å². The molecule has 0 radical (unpaired) electrons. The lowest BCUT2D eigenvalue weighted by molar-refractivity contribution is -0.114. The Labute approximate surface area is 121 Å². The summed E-state index contributed by atoms with van der Waals surface area (Å²) in [5.41, 5.74) is -0.804. The second-order valence-electron chi connectivity index (χ2n) is 4.18. The average Bonchev–Trinajstić information content (AvgIpc) is 2.92. The molecule has 3 rings (SSSR count). The van der Waals surface area contributed by atoms with Crippen LogP contribution < -0.4 is 4.90 Å². The van der Waals surface area contributed by atoms with Crippen molar-refractivity contribution in [1.29, 1.82) is 0 Å². The zero-order valence-corrected chi connectivity index (χ0v) is 11.4. The summed E-state index contributed by atoms with van der Waals surface area (Å²) in [4.78, 5) is 25.3. The van der Waals surface area contributed by atoms with Crippen LogP contribution in [0.5, 0.6) is 0 Å². The molecule has 1 aromatic carbocycles. The van der Waals surface area contributed by atoms with Gasteiger partial charge in [-0.3, -0.25) is 14.5 Å². The summed E-state index contributed by atoms with van der Waals surface area (Å²) in [7, 11) is 0. The number of benzene rings is 1. The smallest absolute Gasteiger partial charge is 0.297 e. The molecule has 0 spiro atoms. The molecule has 0 unspecified atom stereocenters. The Hall–Kier alpha value is -1.79. The standard InChI is InChI=1S/C13H6ClF2NO2S/c14-9-4-1-6(20-9)5-17-11-8(16)3-2-7(15)10(11)12(18)13(17)19/h1-4H,5H2. The number of ketones is 1. The molecule has 0 atom stereocenters. The maximum Gasteiger partial charge on any atom is 0.300 e. The van der Waals surface area contributed by atoms with E-state index in [0.29, 0.717) is 9.21 Å². The monoisotopic (exact) mass is 313 g/mol. The average molecular weight is 314 g/mol. The zero-order chi connectivity index (χ0) is 14.4. The highest BCUT2D eigenvalue weighted by Crippen LogP contribution is 2.35. The number of rotatable bonds is 2. The van der Waals surface area contributed by atoms with Crippen molar-refractivity contribution in [2.75, 3.05) is 4.90 Å². The van der Waals surface area contributed by atoms with E-state index in [9.17, 15) is 18.4 Å². The fourth-order valence-corrected chi connectivity index (χ4v) is 3.17. The number of hydrogen-bond donors (Lipinski definition) is 0. The normalized spacial score (nSPS) is 14.1. The fourth-order valence-electron chi connectivity index (χ4n) is 2.10. The number of Topliss-reactive ketones (excluding diaryl/α,β-unsaturated/α-hetero) is 1. The van der Waals surface area contributed by atoms with Crippen LogP contribution in [0.1, 0.15) is 15.2 Å². The van der Waals surface area contributed by atoms with E-state index < -0.39 is 28.9 Å². The number of hydrogen-bond acceptors (Lipinski definition) is 3. The van der Waals surface area contributed by atoms with Crippen molar-refractivity contribution in [1.82, 2.24) is 0 Å². The molecule has 1 aliphatic rings. The summed E-state index contributed by atoms with van der Waals surface area (Å²) < 4.78 is 28.0. The second kappa shape index (κ2) is 4.64. The van der Waals surface area contributed by atoms with Crippen molar-refractivity contribution in [3.05, 3.63) is 50.7 Å². The van der Waals surface area contributed by atoms with Gasteiger partial charge in [-0.25, -0.2) is 8.78 Å². The third-order valence-corrected chi connectivity index (χ3v) is 4.17. The minimum atomic E-state index is -1.03. The molecule has 102 valence electrons. The van der Waals surface area contributed by atoms with Gasteiger partial charge in [0.15, 0.2) is 0 Å². The van der Waals surface area contributed by atoms with Gasteiger partial charge in [-0.1, -0.05) is 11.6 Å². The lowest BCUT2D eigenvalue weighted by Crippen LogP contribution is -2.29. The fraction of sp³-hybridized carbons (Fsp3) is 0.0769. The molecule has 2 heterocycles. The molecule has 1 aromatic heterocycles. The van der Waals surface area contributed by atoms with Crippen LogP contribution in [0, 0.1) is 11.6 Å². The molecule has 0 N–H and O–H groups in total. The van der Waals surface area contributed by atoms with E-state index in [-0.39, 0.29) is 12.2 Å². The quantitative estimate of drug-likeness (QED) is 0.797. The van der Waals surface area contributed by atoms with E-state index in [1.807, 2.05) is 0 Å². The largest absolute Gasteiger partial charge is 0.300 e. The van der Waals surface area contributed by atoms with Crippen molar-refractivity contribution in [2.45, 2.75) is 6.54 Å². The van der Waals surface area contributed by atoms with Gasteiger partial charge in [-0.05, 0) is 24.3 Å². The Morgan fingerprint density at radius 1 is 1.10 bits per heavy atom. The van der Waals surface area contributed by atoms with Crippen molar-refractivity contribution in [2.24, 2.45) is 0 Å². The topological polar surface area (TPSA) is 37.4 Å². The first-order valence-electron chi connectivity index (χ1n) is 5.57. The molecule has 20 heavy (non-hydrogen) atoms. The number of halogens is 3. The Morgan fingerprint density at radius 2 is 1.80 bits per heavy atom. The second-order valence-corrected chi connectivity index (χ2v) is 5.98. The molecule has 1 amide bonds. The summed E-state index contributed by atoms with van der Waals surface area (Å²) >= 11 is 6.99. The zero-order valence-electron chi connectivity index (χ0n) is 9.82. The molecule has 1 aliphatic heterocycles. The summed E-state index contributed by atoms with van der Waals surface area (Å²) in [6.07, 6.45) is 0. The Balaban J connectivity index is 2.08. The van der Waals surface area contributed by atoms with Gasteiger partial charge in [0.2, 0.25) is 0 Å². The van der Waals surface area contributed by atoms with Crippen molar-refractivity contribution >= 4 is 40.3 Å². The van der Waals surface area contributed by atoms with E-state index in [1.165, 1.54) is 11.3 Å². The van der Waals surface area contributed by atoms with Crippen LogP contribution in [-0.2, 0) is 11.3 Å². The number of anilines is 1. The molecular weight excluding hydrogens is 308 g/mol. The highest BCUT2D eigenvalue weighted by atomic mass is 35.5. The minimum Gasteiger partial charge on any atom is -0.297 e. The van der Waals surface area contributed by atoms with Crippen LogP contribution in [0.3, 0.4) is 0 Å². The summed E-state index contributed by atoms with van der Waals surface area (Å²) in [6.45, 7) is -0.0185. The van der Waals surface area contributed by atoms with E-state index >= 15 is 0 Å². The maximum atomic E-state index is 13.8. The van der Waals surface area contributed by atoms with Crippen molar-refractivity contribution in [3.8, 4) is 0 Å². The third-order valence-electron chi connectivity index (χ3n) is 2.96. The van der Waals surface area contributed by atoms with E-state index in [1.54, 1.807) is 12.1 Å². The number of nitrogens with zero attached hydrogens (tertiary/aromatic N) is 1. The molecule has 2 aromatic rings. The van der Waals surface area contributed by atoms with Gasteiger partial charge in [0.1, 0.15) is 11.6 Å². The predicted octanol–water partition coefficient (Wildman–Crippen LogP) is 3.41. The number of amides is 1. The Bertz CT molecular complexity index is 744. The van der Waals surface area contributed by atoms with Crippen molar-refractivity contribution in [3.63, 3.8) is 0 Å². The van der Waals surface area contributed by atoms with Gasteiger partial charge in [0.25, 0.3) is 11.7 Å². The Kier molecular flexibility index (Phi) is 3.07. The number of fused-ring (bicyclic) bond motifs is 1. The van der Waals surface area contributed by atoms with Gasteiger partial charge < -0.3 is 0 Å². The molecule has 7 heteroatoms. The third kappa shape index (κ3) is 1.92. The highest BCUT2D eigenvalue weighted by Gasteiger charge is 2.40. The molecule has 0 saturated heterocycles. The van der Waals surface area contributed by atoms with Crippen molar-refractivity contribution < 1.29 is 18.4 Å². The van der Waals surface area contributed by atoms with Gasteiger partial charge >= 0.3 is 0 Å². The molecule has 0 fully saturated rings. The molecular formula is C13H6ClF2NO2S. The van der Waals surface area contributed by atoms with Gasteiger partial charge in [0, 0.05) is 4.88 Å². The minimum absolute atomic E-state index is 0.0185. The molecule has 3 nitrogen and oxygen atoms in total. The lowest BCUT2D eigenvalue weighted by Gasteiger charge is -2.15. The SMILES string of the molecule is O=C1C(=O)N(Cc2ccc(Cl)s2)c2c(F)ccc(F)c21. The van der Waals surface area contributed by atoms with Crippen LogP contribution in [-0.4, -0.2) is 11.7 Å². The van der Waals surface area contributed by atoms with E-state index in [2.05, 4.69) is 0 Å². The van der Waals surface area contributed by atoms with Crippen LogP contribution in [0.25, 0.3) is 0 Å². The lowest BCUT2D eigenvalue weighted by atomic mass is 10.1. The number of carbonyl (C=O) groups excluding carboxylic acids is 2. The molecule has 0 saturated carbocycles. The number of thiophene rings is 1. The first-order chi connectivity index (χ1) is 9.49. The maximum absolute atomic E-state index is 13.8. The van der Waals surface area contributed by atoms with Crippen LogP contribution in [0.2, 0.25) is 4.34 Å². The predicted molar refractivity (Wildman–Crippen MR) is 71.2 cm³/mol. The first-order valence-corrected chi connectivity index (χ1v) is 6.77. The molecule has 0 bridgehead atoms. The van der Waals surface area contributed by atoms with Gasteiger partial charge in [-0.2, -0.15) is 0 Å². The van der Waals surface area contributed by atoms with Crippen LogP contribution >= 0.6 is 22.9 Å². The summed E-state index contributed by atoms with van der Waals surface area (Å²) in [5, 5.41) is 0.